The van der Waals surface area contributed by atoms with Crippen molar-refractivity contribution < 1.29 is 14.6 Å². The van der Waals surface area contributed by atoms with Crippen molar-refractivity contribution in [1.82, 2.24) is 4.98 Å². The van der Waals surface area contributed by atoms with Gasteiger partial charge in [-0.3, -0.25) is 0 Å². The van der Waals surface area contributed by atoms with Gasteiger partial charge in [0.25, 0.3) is 0 Å². The lowest BCUT2D eigenvalue weighted by atomic mass is 10.0. The van der Waals surface area contributed by atoms with Crippen LogP contribution in [0.25, 0.3) is 43.7 Å². The van der Waals surface area contributed by atoms with Crippen molar-refractivity contribution in [2.24, 2.45) is 5.73 Å². The number of rotatable bonds is 1. The van der Waals surface area contributed by atoms with Crippen LogP contribution in [0.3, 0.4) is 0 Å². The van der Waals surface area contributed by atoms with Gasteiger partial charge in [-0.25, -0.2) is 4.79 Å². The third-order valence-corrected chi connectivity index (χ3v) is 4.91. The molecule has 0 saturated heterocycles. The van der Waals surface area contributed by atoms with E-state index in [1.807, 2.05) is 36.4 Å². The second kappa shape index (κ2) is 6.03. The molecular formula is C23H16N2O3. The maximum absolute atomic E-state index is 11.2. The van der Waals surface area contributed by atoms with Crippen molar-refractivity contribution in [3.05, 3.63) is 72.8 Å². The van der Waals surface area contributed by atoms with E-state index in [1.165, 1.54) is 17.2 Å². The van der Waals surface area contributed by atoms with Gasteiger partial charge in [-0.1, -0.05) is 54.6 Å². The third-order valence-electron chi connectivity index (χ3n) is 4.91. The molecule has 0 radical (unpaired) electrons. The highest BCUT2D eigenvalue weighted by atomic mass is 16.6. The average molecular weight is 368 g/mol. The van der Waals surface area contributed by atoms with Crippen LogP contribution in [0.1, 0.15) is 0 Å². The summed E-state index contributed by atoms with van der Waals surface area (Å²) >= 11 is 0. The first kappa shape index (κ1) is 16.2. The lowest BCUT2D eigenvalue weighted by molar-refractivity contribution is 0.209. The van der Waals surface area contributed by atoms with Crippen LogP contribution < -0.4 is 10.5 Å². The number of amides is 1. The van der Waals surface area contributed by atoms with Gasteiger partial charge < -0.3 is 20.6 Å². The van der Waals surface area contributed by atoms with E-state index in [-0.39, 0.29) is 11.5 Å². The van der Waals surface area contributed by atoms with Crippen molar-refractivity contribution in [2.45, 2.75) is 0 Å². The zero-order valence-electron chi connectivity index (χ0n) is 14.8. The highest BCUT2D eigenvalue weighted by Crippen LogP contribution is 2.40. The molecule has 2 aliphatic rings. The fourth-order valence-corrected chi connectivity index (χ4v) is 3.57. The number of nitrogens with two attached hydrogens (primary N) is 1. The van der Waals surface area contributed by atoms with Crippen LogP contribution in [-0.2, 0) is 0 Å². The van der Waals surface area contributed by atoms with Gasteiger partial charge in [0.2, 0.25) is 0 Å². The first-order valence-electron chi connectivity index (χ1n) is 8.84. The van der Waals surface area contributed by atoms with Gasteiger partial charge in [-0.2, -0.15) is 0 Å². The summed E-state index contributed by atoms with van der Waals surface area (Å²) in [5.74, 6) is -0.0559. The van der Waals surface area contributed by atoms with E-state index in [0.717, 1.165) is 27.2 Å². The van der Waals surface area contributed by atoms with Crippen molar-refractivity contribution >= 4 is 38.7 Å². The molecule has 1 aromatic heterocycles. The summed E-state index contributed by atoms with van der Waals surface area (Å²) in [5, 5.41) is 13.6. The number of carbonyl (C=O) groups is 1. The molecule has 0 aliphatic heterocycles. The average Bonchev–Trinajstić information content (AvgIpc) is 3.11. The zero-order chi connectivity index (χ0) is 19.3. The minimum absolute atomic E-state index is 0.0714. The number of para-hydroxylation sites is 1. The Morgan fingerprint density at radius 1 is 0.893 bits per heavy atom. The predicted octanol–water partition coefficient (Wildman–Crippen LogP) is 5.30. The third kappa shape index (κ3) is 2.61. The molecule has 0 atom stereocenters. The summed E-state index contributed by atoms with van der Waals surface area (Å²) < 4.78 is 5.03. The Balaban J connectivity index is 0.000000239. The largest absolute Gasteiger partial charge is 0.504 e. The number of benzene rings is 4. The molecular weight excluding hydrogens is 352 g/mol. The predicted molar refractivity (Wildman–Crippen MR) is 111 cm³/mol. The Hall–Kier alpha value is -3.99. The van der Waals surface area contributed by atoms with Gasteiger partial charge in [0, 0.05) is 16.3 Å². The number of aromatic hydroxyl groups is 1. The lowest BCUT2D eigenvalue weighted by Crippen LogP contribution is -2.16. The van der Waals surface area contributed by atoms with E-state index in [1.54, 1.807) is 6.07 Å². The molecule has 136 valence electrons. The van der Waals surface area contributed by atoms with Crippen LogP contribution in [0.2, 0.25) is 0 Å². The van der Waals surface area contributed by atoms with Crippen LogP contribution in [0.15, 0.2) is 72.8 Å². The number of nitrogens with one attached hydrogen (secondary N) is 1. The SMILES string of the molecule is NC(=O)Oc1c(O)ccc2ccc3c4ccccc4[nH]c3c12.c1cc2cc-2c1. The molecule has 0 fully saturated rings. The molecule has 0 unspecified atom stereocenters. The number of aromatic amines is 1. The molecule has 5 heteroatoms. The lowest BCUT2D eigenvalue weighted by Gasteiger charge is -2.09. The number of fused-ring (bicyclic) bond motifs is 6. The molecule has 4 aromatic rings. The molecule has 1 amide bonds. The molecule has 4 N–H and O–H groups in total. The van der Waals surface area contributed by atoms with Crippen molar-refractivity contribution in [3.63, 3.8) is 0 Å². The Morgan fingerprint density at radius 3 is 2.32 bits per heavy atom. The number of primary amides is 1. The van der Waals surface area contributed by atoms with Crippen LogP contribution in [0.5, 0.6) is 11.5 Å². The van der Waals surface area contributed by atoms with Gasteiger partial charge in [-0.15, -0.1) is 0 Å². The smallest absolute Gasteiger partial charge is 0.410 e. The number of hydrogen-bond donors (Lipinski definition) is 3. The molecule has 28 heavy (non-hydrogen) atoms. The number of ether oxygens (including phenoxy) is 1. The summed E-state index contributed by atoms with van der Waals surface area (Å²) in [6.07, 6.45) is -0.962. The van der Waals surface area contributed by atoms with E-state index in [9.17, 15) is 9.90 Å². The van der Waals surface area contributed by atoms with Crippen molar-refractivity contribution in [2.75, 3.05) is 0 Å². The molecule has 0 spiro atoms. The minimum Gasteiger partial charge on any atom is -0.504 e. The Morgan fingerprint density at radius 2 is 1.64 bits per heavy atom. The Kier molecular flexibility index (Phi) is 3.49. The van der Waals surface area contributed by atoms with E-state index in [4.69, 9.17) is 10.5 Å². The molecule has 5 nitrogen and oxygen atoms in total. The summed E-state index contributed by atoms with van der Waals surface area (Å²) in [7, 11) is 0. The maximum atomic E-state index is 11.2. The fraction of sp³-hybridized carbons (Fsp3) is 0. The number of aromatic nitrogens is 1. The first-order chi connectivity index (χ1) is 13.6. The van der Waals surface area contributed by atoms with Crippen molar-refractivity contribution in [3.8, 4) is 22.6 Å². The molecule has 0 bridgehead atoms. The standard InChI is InChI=1S/C17H12N2O3.C6H4/c18-17(21)22-16-13(20)8-6-9-5-7-11-10-3-1-2-4-12(10)19-15(11)14(9)16;1-2-5-4-6(5)3-1/h1-8,19-20H,(H2,18,21);1-4H. The number of phenolic OH excluding ortho intramolecular Hbond substituents is 1. The molecule has 6 rings (SSSR count). The monoisotopic (exact) mass is 368 g/mol. The molecule has 3 aromatic carbocycles. The zero-order valence-corrected chi connectivity index (χ0v) is 14.8. The van der Waals surface area contributed by atoms with Crippen LogP contribution in [-0.4, -0.2) is 16.2 Å². The van der Waals surface area contributed by atoms with Gasteiger partial charge in [0.15, 0.2) is 11.5 Å². The van der Waals surface area contributed by atoms with Gasteiger partial charge in [0.05, 0.1) is 10.9 Å². The highest BCUT2D eigenvalue weighted by molar-refractivity contribution is 6.19. The van der Waals surface area contributed by atoms with Gasteiger partial charge in [-0.05, 0) is 34.7 Å². The molecule has 1 heterocycles. The second-order valence-corrected chi connectivity index (χ2v) is 6.67. The first-order valence-corrected chi connectivity index (χ1v) is 8.84. The van der Waals surface area contributed by atoms with Gasteiger partial charge in [0.1, 0.15) is 0 Å². The Bertz CT molecular complexity index is 1370. The number of H-pyrrole nitrogens is 1. The number of carbonyl (C=O) groups excluding carboxylic acids is 1. The highest BCUT2D eigenvalue weighted by Gasteiger charge is 2.16. The van der Waals surface area contributed by atoms with E-state index < -0.39 is 6.09 Å². The number of hydrogen-bond acceptors (Lipinski definition) is 3. The normalized spacial score (nSPS) is 11.3. The maximum Gasteiger partial charge on any atom is 0.410 e. The number of phenols is 1. The topological polar surface area (TPSA) is 88.3 Å². The van der Waals surface area contributed by atoms with Crippen LogP contribution >= 0.6 is 0 Å². The van der Waals surface area contributed by atoms with Gasteiger partial charge >= 0.3 is 6.09 Å². The second-order valence-electron chi connectivity index (χ2n) is 6.67. The van der Waals surface area contributed by atoms with E-state index >= 15 is 0 Å². The summed E-state index contributed by atoms with van der Waals surface area (Å²) in [6.45, 7) is 0. The molecule has 0 saturated carbocycles. The summed E-state index contributed by atoms with van der Waals surface area (Å²) in [5.41, 5.74) is 9.74. The quantitative estimate of drug-likeness (QED) is 0.368. The summed E-state index contributed by atoms with van der Waals surface area (Å²) in [6, 6.07) is 23.5. The van der Waals surface area contributed by atoms with Crippen LogP contribution in [0.4, 0.5) is 4.79 Å². The van der Waals surface area contributed by atoms with E-state index in [2.05, 4.69) is 29.2 Å². The fourth-order valence-electron chi connectivity index (χ4n) is 3.57. The van der Waals surface area contributed by atoms with E-state index in [0.29, 0.717) is 5.39 Å². The minimum atomic E-state index is -0.962. The summed E-state index contributed by atoms with van der Waals surface area (Å²) in [4.78, 5) is 14.5. The van der Waals surface area contributed by atoms with Crippen molar-refractivity contribution in [1.29, 1.82) is 0 Å². The van der Waals surface area contributed by atoms with Crippen LogP contribution in [0, 0.1) is 0 Å². The Labute approximate surface area is 160 Å². The molecule has 2 aliphatic carbocycles.